The van der Waals surface area contributed by atoms with Gasteiger partial charge in [-0.15, -0.1) is 0 Å². The first-order chi connectivity index (χ1) is 16.6. The van der Waals surface area contributed by atoms with Gasteiger partial charge in [0.25, 0.3) is 5.91 Å². The van der Waals surface area contributed by atoms with Crippen molar-refractivity contribution in [2.75, 3.05) is 43.6 Å². The lowest BCUT2D eigenvalue weighted by atomic mass is 10.0. The topological polar surface area (TPSA) is 93.9 Å². The monoisotopic (exact) mass is 460 g/mol. The van der Waals surface area contributed by atoms with E-state index in [1.54, 1.807) is 18.1 Å². The summed E-state index contributed by atoms with van der Waals surface area (Å²) in [4.78, 5) is 22.0. The van der Waals surface area contributed by atoms with Crippen molar-refractivity contribution < 1.29 is 13.9 Å². The van der Waals surface area contributed by atoms with Crippen LogP contribution in [0.2, 0.25) is 0 Å². The number of carbonyl (C=O) groups excluding carboxylic acids is 1. The molecule has 2 fully saturated rings. The van der Waals surface area contributed by atoms with E-state index in [1.807, 2.05) is 24.3 Å². The van der Waals surface area contributed by atoms with Crippen LogP contribution in [-0.2, 0) is 0 Å². The molecule has 0 spiro atoms. The number of rotatable bonds is 6. The maximum absolute atomic E-state index is 14.6. The number of ether oxygens (including phenoxy) is 1. The van der Waals surface area contributed by atoms with Crippen LogP contribution in [0.3, 0.4) is 0 Å². The molecule has 2 aliphatic heterocycles. The summed E-state index contributed by atoms with van der Waals surface area (Å²) in [6.45, 7) is 2.74. The van der Waals surface area contributed by atoms with Crippen LogP contribution < -0.4 is 15.1 Å². The van der Waals surface area contributed by atoms with Gasteiger partial charge in [0.1, 0.15) is 22.9 Å². The number of amides is 1. The third-order valence-corrected chi connectivity index (χ3v) is 6.54. The Balaban J connectivity index is 1.29. The van der Waals surface area contributed by atoms with Crippen LogP contribution in [0.1, 0.15) is 10.4 Å². The second-order valence-corrected chi connectivity index (χ2v) is 8.58. The SMILES string of the molecule is COc1ccc2nc(N3CC4CN(C(=O)c5c(F)cccc5N/N=C\C=N)CC4C3)ccc2c1. The molecule has 9 heteroatoms. The molecule has 0 aliphatic carbocycles. The fraction of sp³-hybridized carbons (Fsp3) is 0.280. The molecule has 3 heterocycles. The Morgan fingerprint density at radius 3 is 2.71 bits per heavy atom. The summed E-state index contributed by atoms with van der Waals surface area (Å²) in [5, 5.41) is 11.9. The number of nitrogens with one attached hydrogen (secondary N) is 2. The van der Waals surface area contributed by atoms with Crippen molar-refractivity contribution in [3.05, 3.63) is 59.9 Å². The molecule has 3 aromatic rings. The number of nitrogens with zero attached hydrogens (tertiary/aromatic N) is 4. The van der Waals surface area contributed by atoms with Gasteiger partial charge in [-0.2, -0.15) is 5.10 Å². The third-order valence-electron chi connectivity index (χ3n) is 6.54. The van der Waals surface area contributed by atoms with Crippen molar-refractivity contribution in [3.63, 3.8) is 0 Å². The molecule has 0 radical (unpaired) electrons. The summed E-state index contributed by atoms with van der Waals surface area (Å²) in [5.41, 5.74) is 3.85. The second-order valence-electron chi connectivity index (χ2n) is 8.58. The van der Waals surface area contributed by atoms with E-state index in [4.69, 9.17) is 15.1 Å². The number of benzene rings is 2. The molecule has 1 amide bonds. The van der Waals surface area contributed by atoms with Crippen molar-refractivity contribution in [1.82, 2.24) is 9.88 Å². The smallest absolute Gasteiger partial charge is 0.259 e. The Morgan fingerprint density at radius 2 is 1.97 bits per heavy atom. The molecule has 174 valence electrons. The molecule has 2 aliphatic rings. The second kappa shape index (κ2) is 9.09. The number of likely N-dealkylation sites (tertiary alicyclic amines) is 1. The van der Waals surface area contributed by atoms with Gasteiger partial charge in [-0.05, 0) is 42.5 Å². The van der Waals surface area contributed by atoms with Gasteiger partial charge < -0.3 is 19.9 Å². The lowest BCUT2D eigenvalue weighted by Gasteiger charge is -2.23. The highest BCUT2D eigenvalue weighted by Crippen LogP contribution is 2.35. The summed E-state index contributed by atoms with van der Waals surface area (Å²) in [6, 6.07) is 14.3. The standard InChI is InChI=1S/C25H25FN6O2/c1-34-19-6-7-21-16(11-19)5-8-23(29-21)31-12-17-14-32(15-18(17)13-31)25(33)24-20(26)3-2-4-22(24)30-28-10-9-27/h2-11,17-18,27,30H,12-15H2,1H3/b27-9?,28-10-. The van der Waals surface area contributed by atoms with Gasteiger partial charge in [0.15, 0.2) is 0 Å². The number of halogens is 1. The number of hydrogen-bond acceptors (Lipinski definition) is 7. The van der Waals surface area contributed by atoms with E-state index in [0.29, 0.717) is 30.6 Å². The summed E-state index contributed by atoms with van der Waals surface area (Å²) in [6.07, 6.45) is 2.23. The van der Waals surface area contributed by atoms with Crippen LogP contribution in [0, 0.1) is 23.1 Å². The van der Waals surface area contributed by atoms with Crippen molar-refractivity contribution >= 4 is 40.7 Å². The third kappa shape index (κ3) is 4.05. The van der Waals surface area contributed by atoms with E-state index < -0.39 is 5.82 Å². The van der Waals surface area contributed by atoms with Gasteiger partial charge in [-0.25, -0.2) is 9.37 Å². The van der Waals surface area contributed by atoms with Crippen LogP contribution in [0.5, 0.6) is 5.75 Å². The number of carbonyl (C=O) groups is 1. The molecule has 2 aromatic carbocycles. The van der Waals surface area contributed by atoms with Crippen LogP contribution in [-0.4, -0.2) is 61.5 Å². The zero-order valence-corrected chi connectivity index (χ0v) is 18.7. The van der Waals surface area contributed by atoms with Crippen LogP contribution in [0.4, 0.5) is 15.9 Å². The maximum Gasteiger partial charge on any atom is 0.259 e. The van der Waals surface area contributed by atoms with Gasteiger partial charge in [-0.3, -0.25) is 10.2 Å². The average Bonchev–Trinajstić information content (AvgIpc) is 3.43. The molecule has 2 atom stereocenters. The Hall–Kier alpha value is -4.01. The lowest BCUT2D eigenvalue weighted by molar-refractivity contribution is 0.0779. The molecule has 8 nitrogen and oxygen atoms in total. The Labute approximate surface area is 196 Å². The Morgan fingerprint density at radius 1 is 1.18 bits per heavy atom. The summed E-state index contributed by atoms with van der Waals surface area (Å²) in [5.74, 6) is 1.40. The minimum Gasteiger partial charge on any atom is -0.497 e. The van der Waals surface area contributed by atoms with Crippen LogP contribution >= 0.6 is 0 Å². The van der Waals surface area contributed by atoms with Crippen LogP contribution in [0.15, 0.2) is 53.6 Å². The van der Waals surface area contributed by atoms with Gasteiger partial charge in [0.2, 0.25) is 0 Å². The molecule has 0 saturated carbocycles. The zero-order valence-electron chi connectivity index (χ0n) is 18.7. The summed E-state index contributed by atoms with van der Waals surface area (Å²) in [7, 11) is 1.65. The van der Waals surface area contributed by atoms with Crippen molar-refractivity contribution in [2.24, 2.45) is 16.9 Å². The molecule has 1 aromatic heterocycles. The molecule has 0 bridgehead atoms. The minimum absolute atomic E-state index is 0.0203. The van der Waals surface area contributed by atoms with Crippen molar-refractivity contribution in [1.29, 1.82) is 5.41 Å². The number of pyridine rings is 1. The molecule has 2 N–H and O–H groups in total. The maximum atomic E-state index is 14.6. The predicted molar refractivity (Wildman–Crippen MR) is 131 cm³/mol. The number of anilines is 2. The Kier molecular flexibility index (Phi) is 5.83. The van der Waals surface area contributed by atoms with Gasteiger partial charge in [0.05, 0.1) is 24.5 Å². The Bertz CT molecular complexity index is 1270. The van der Waals surface area contributed by atoms with E-state index in [2.05, 4.69) is 21.5 Å². The largest absolute Gasteiger partial charge is 0.497 e. The predicted octanol–water partition coefficient (Wildman–Crippen LogP) is 3.64. The van der Waals surface area contributed by atoms with Crippen LogP contribution in [0.25, 0.3) is 10.9 Å². The van der Waals surface area contributed by atoms with Gasteiger partial charge in [0, 0.05) is 49.6 Å². The van der Waals surface area contributed by atoms with E-state index in [0.717, 1.165) is 41.8 Å². The number of methoxy groups -OCH3 is 1. The first kappa shape index (κ1) is 21.8. The molecule has 2 saturated heterocycles. The average molecular weight is 461 g/mol. The summed E-state index contributed by atoms with van der Waals surface area (Å²) < 4.78 is 19.9. The highest BCUT2D eigenvalue weighted by molar-refractivity contribution is 6.14. The minimum atomic E-state index is -0.587. The molecule has 34 heavy (non-hydrogen) atoms. The molecular formula is C25H25FN6O2. The first-order valence-corrected chi connectivity index (χ1v) is 11.1. The number of hydrogen-bond donors (Lipinski definition) is 2. The van der Waals surface area contributed by atoms with E-state index in [1.165, 1.54) is 18.3 Å². The number of fused-ring (bicyclic) bond motifs is 2. The fourth-order valence-electron chi connectivity index (χ4n) is 4.88. The van der Waals surface area contributed by atoms with Crippen molar-refractivity contribution in [2.45, 2.75) is 0 Å². The molecule has 2 unspecified atom stereocenters. The zero-order chi connectivity index (χ0) is 23.7. The quantitative estimate of drug-likeness (QED) is 0.433. The van der Waals surface area contributed by atoms with Crippen molar-refractivity contribution in [3.8, 4) is 5.75 Å². The normalized spacial score (nSPS) is 19.6. The summed E-state index contributed by atoms with van der Waals surface area (Å²) >= 11 is 0. The van der Waals surface area contributed by atoms with E-state index >= 15 is 0 Å². The lowest BCUT2D eigenvalue weighted by Crippen LogP contribution is -2.34. The van der Waals surface area contributed by atoms with Gasteiger partial charge in [-0.1, -0.05) is 6.07 Å². The van der Waals surface area contributed by atoms with Gasteiger partial charge >= 0.3 is 0 Å². The van der Waals surface area contributed by atoms with E-state index in [9.17, 15) is 9.18 Å². The van der Waals surface area contributed by atoms with E-state index in [-0.39, 0.29) is 11.5 Å². The number of hydrazone groups is 1. The number of aromatic nitrogens is 1. The molecule has 5 rings (SSSR count). The molecular weight excluding hydrogens is 435 g/mol. The highest BCUT2D eigenvalue weighted by atomic mass is 19.1. The highest BCUT2D eigenvalue weighted by Gasteiger charge is 2.42. The first-order valence-electron chi connectivity index (χ1n) is 11.1. The fourth-order valence-corrected chi connectivity index (χ4v) is 4.88.